The molecule has 1 unspecified atom stereocenters. The predicted molar refractivity (Wildman–Crippen MR) is 89.9 cm³/mol. The summed E-state index contributed by atoms with van der Waals surface area (Å²) in [5.74, 6) is 0. The number of nitrogens with two attached hydrogens (primary N) is 1. The molecule has 0 spiro atoms. The molecule has 2 rings (SSSR count). The van der Waals surface area contributed by atoms with Crippen LogP contribution in [0.15, 0.2) is 46.9 Å². The quantitative estimate of drug-likeness (QED) is 0.794. The molecule has 106 valence electrons. The minimum atomic E-state index is 0.233. The van der Waals surface area contributed by atoms with E-state index in [4.69, 9.17) is 17.3 Å². The van der Waals surface area contributed by atoms with E-state index in [9.17, 15) is 0 Å². The van der Waals surface area contributed by atoms with Gasteiger partial charge in [-0.15, -0.1) is 0 Å². The fourth-order valence-corrected chi connectivity index (χ4v) is 2.84. The van der Waals surface area contributed by atoms with E-state index in [-0.39, 0.29) is 6.04 Å². The average Bonchev–Trinajstić information content (AvgIpc) is 2.42. The lowest BCUT2D eigenvalue weighted by Gasteiger charge is -2.26. The fraction of sp³-hybridized carbons (Fsp3) is 0.250. The number of nitrogen functional groups attached to an aromatic ring is 1. The van der Waals surface area contributed by atoms with Gasteiger partial charge in [0.05, 0.1) is 0 Å². The highest BCUT2D eigenvalue weighted by molar-refractivity contribution is 9.10. The van der Waals surface area contributed by atoms with Gasteiger partial charge < -0.3 is 5.73 Å². The molecule has 2 aromatic carbocycles. The van der Waals surface area contributed by atoms with Gasteiger partial charge in [-0.2, -0.15) is 0 Å². The Bertz CT molecular complexity index is 601. The number of nitrogens with zero attached hydrogens (tertiary/aromatic N) is 1. The first-order chi connectivity index (χ1) is 9.49. The monoisotopic (exact) mass is 352 g/mol. The zero-order valence-electron chi connectivity index (χ0n) is 11.6. The van der Waals surface area contributed by atoms with Gasteiger partial charge in [0.1, 0.15) is 0 Å². The Morgan fingerprint density at radius 1 is 1.25 bits per heavy atom. The van der Waals surface area contributed by atoms with E-state index < -0.39 is 0 Å². The molecular formula is C16H18BrClN2. The second-order valence-electron chi connectivity index (χ2n) is 4.96. The second kappa shape index (κ2) is 6.61. The van der Waals surface area contributed by atoms with Crippen molar-refractivity contribution in [1.29, 1.82) is 0 Å². The van der Waals surface area contributed by atoms with E-state index in [2.05, 4.69) is 40.9 Å². The first-order valence-electron chi connectivity index (χ1n) is 6.47. The highest BCUT2D eigenvalue weighted by Gasteiger charge is 2.15. The maximum Gasteiger partial charge on any atom is 0.0453 e. The highest BCUT2D eigenvalue weighted by Crippen LogP contribution is 2.29. The van der Waals surface area contributed by atoms with Crippen molar-refractivity contribution in [3.63, 3.8) is 0 Å². The van der Waals surface area contributed by atoms with Crippen molar-refractivity contribution in [1.82, 2.24) is 4.90 Å². The maximum absolute atomic E-state index is 6.27. The minimum absolute atomic E-state index is 0.233. The molecule has 2 N–H and O–H groups in total. The molecule has 0 radical (unpaired) electrons. The SMILES string of the molecule is CC(c1ccccc1Cl)N(C)Cc1cc(N)ccc1Br. The van der Waals surface area contributed by atoms with Crippen molar-refractivity contribution >= 4 is 33.2 Å². The third-order valence-corrected chi connectivity index (χ3v) is 4.62. The highest BCUT2D eigenvalue weighted by atomic mass is 79.9. The summed E-state index contributed by atoms with van der Waals surface area (Å²) in [5, 5.41) is 0.804. The Morgan fingerprint density at radius 2 is 1.95 bits per heavy atom. The van der Waals surface area contributed by atoms with Crippen LogP contribution in [0.1, 0.15) is 24.1 Å². The first kappa shape index (κ1) is 15.4. The summed E-state index contributed by atoms with van der Waals surface area (Å²) < 4.78 is 1.07. The van der Waals surface area contributed by atoms with Crippen molar-refractivity contribution < 1.29 is 0 Å². The standard InChI is InChI=1S/C16H18BrClN2/c1-11(14-5-3-4-6-16(14)18)20(2)10-12-9-13(19)7-8-15(12)17/h3-9,11H,10,19H2,1-2H3. The van der Waals surface area contributed by atoms with Crippen LogP contribution in [0, 0.1) is 0 Å². The first-order valence-corrected chi connectivity index (χ1v) is 7.64. The lowest BCUT2D eigenvalue weighted by Crippen LogP contribution is -2.22. The van der Waals surface area contributed by atoms with Crippen LogP contribution in [0.2, 0.25) is 5.02 Å². The smallest absolute Gasteiger partial charge is 0.0453 e. The molecule has 0 aliphatic rings. The molecule has 0 amide bonds. The van der Waals surface area contributed by atoms with Crippen LogP contribution in [0.25, 0.3) is 0 Å². The molecule has 1 atom stereocenters. The van der Waals surface area contributed by atoms with Crippen LogP contribution in [0.3, 0.4) is 0 Å². The number of benzene rings is 2. The summed E-state index contributed by atoms with van der Waals surface area (Å²) in [5.41, 5.74) is 8.94. The average molecular weight is 354 g/mol. The molecule has 4 heteroatoms. The maximum atomic E-state index is 6.27. The van der Waals surface area contributed by atoms with Gasteiger partial charge in [-0.05, 0) is 49.4 Å². The Hall–Kier alpha value is -1.03. The summed E-state index contributed by atoms with van der Waals surface area (Å²) in [7, 11) is 2.09. The van der Waals surface area contributed by atoms with Crippen LogP contribution < -0.4 is 5.73 Å². The Kier molecular flexibility index (Phi) is 5.08. The molecule has 0 fully saturated rings. The van der Waals surface area contributed by atoms with Crippen molar-refractivity contribution in [2.45, 2.75) is 19.5 Å². The summed E-state index contributed by atoms with van der Waals surface area (Å²) in [6.45, 7) is 2.96. The molecule has 0 saturated heterocycles. The summed E-state index contributed by atoms with van der Waals surface area (Å²) in [6, 6.07) is 14.1. The second-order valence-corrected chi connectivity index (χ2v) is 6.22. The normalized spacial score (nSPS) is 12.7. The van der Waals surface area contributed by atoms with E-state index in [1.54, 1.807) is 0 Å². The van der Waals surface area contributed by atoms with Crippen molar-refractivity contribution in [3.8, 4) is 0 Å². The van der Waals surface area contributed by atoms with Crippen molar-refractivity contribution in [2.24, 2.45) is 0 Å². The van der Waals surface area contributed by atoms with E-state index in [0.717, 1.165) is 27.3 Å². The van der Waals surface area contributed by atoms with Gasteiger partial charge in [0, 0.05) is 27.8 Å². The van der Waals surface area contributed by atoms with Crippen LogP contribution in [-0.2, 0) is 6.54 Å². The zero-order valence-corrected chi connectivity index (χ0v) is 13.9. The van der Waals surface area contributed by atoms with Gasteiger partial charge in [0.25, 0.3) is 0 Å². The number of halogens is 2. The molecule has 0 bridgehead atoms. The largest absolute Gasteiger partial charge is 0.399 e. The number of hydrogen-bond donors (Lipinski definition) is 1. The molecule has 0 aromatic heterocycles. The van der Waals surface area contributed by atoms with Crippen LogP contribution >= 0.6 is 27.5 Å². The van der Waals surface area contributed by atoms with Gasteiger partial charge in [-0.25, -0.2) is 0 Å². The molecule has 0 saturated carbocycles. The van der Waals surface area contributed by atoms with Crippen LogP contribution in [-0.4, -0.2) is 11.9 Å². The predicted octanol–water partition coefficient (Wildman–Crippen LogP) is 4.88. The Morgan fingerprint density at radius 3 is 2.65 bits per heavy atom. The van der Waals surface area contributed by atoms with Crippen LogP contribution in [0.5, 0.6) is 0 Å². The molecule has 0 heterocycles. The number of hydrogen-bond acceptors (Lipinski definition) is 2. The lowest BCUT2D eigenvalue weighted by molar-refractivity contribution is 0.253. The van der Waals surface area contributed by atoms with E-state index >= 15 is 0 Å². The van der Waals surface area contributed by atoms with E-state index in [1.165, 1.54) is 5.56 Å². The summed E-state index contributed by atoms with van der Waals surface area (Å²) >= 11 is 9.84. The van der Waals surface area contributed by atoms with E-state index in [1.807, 2.05) is 36.4 Å². The molecule has 2 nitrogen and oxygen atoms in total. The van der Waals surface area contributed by atoms with Gasteiger partial charge in [0.2, 0.25) is 0 Å². The molecule has 0 aliphatic heterocycles. The van der Waals surface area contributed by atoms with Gasteiger partial charge in [-0.1, -0.05) is 45.7 Å². The minimum Gasteiger partial charge on any atom is -0.399 e. The molecule has 20 heavy (non-hydrogen) atoms. The topological polar surface area (TPSA) is 29.3 Å². The van der Waals surface area contributed by atoms with Crippen LogP contribution in [0.4, 0.5) is 5.69 Å². The van der Waals surface area contributed by atoms with Crippen molar-refractivity contribution in [2.75, 3.05) is 12.8 Å². The Balaban J connectivity index is 2.17. The molecule has 0 aliphatic carbocycles. The summed E-state index contributed by atoms with van der Waals surface area (Å²) in [6.07, 6.45) is 0. The Labute approximate surface area is 133 Å². The third-order valence-electron chi connectivity index (χ3n) is 3.51. The van der Waals surface area contributed by atoms with Crippen molar-refractivity contribution in [3.05, 3.63) is 63.1 Å². The van der Waals surface area contributed by atoms with E-state index in [0.29, 0.717) is 0 Å². The number of rotatable bonds is 4. The van der Waals surface area contributed by atoms with Gasteiger partial charge >= 0.3 is 0 Å². The molecule has 2 aromatic rings. The van der Waals surface area contributed by atoms with Gasteiger partial charge in [-0.3, -0.25) is 4.90 Å². The lowest BCUT2D eigenvalue weighted by atomic mass is 10.1. The zero-order chi connectivity index (χ0) is 14.7. The fourth-order valence-electron chi connectivity index (χ4n) is 2.17. The summed E-state index contributed by atoms with van der Waals surface area (Å²) in [4.78, 5) is 2.25. The van der Waals surface area contributed by atoms with Gasteiger partial charge in [0.15, 0.2) is 0 Å². The molecular weight excluding hydrogens is 336 g/mol. The number of anilines is 1. The third kappa shape index (κ3) is 3.54.